The zero-order valence-electron chi connectivity index (χ0n) is 16.3. The molecule has 5 rings (SSSR count). The third-order valence-corrected chi connectivity index (χ3v) is 8.09. The number of anilines is 1. The molecule has 0 saturated carbocycles. The van der Waals surface area contributed by atoms with E-state index in [-0.39, 0.29) is 17.2 Å². The van der Waals surface area contributed by atoms with Crippen molar-refractivity contribution in [2.75, 3.05) is 17.2 Å². The van der Waals surface area contributed by atoms with Crippen LogP contribution in [0.2, 0.25) is 0 Å². The molecule has 8 heteroatoms. The number of amides is 1. The van der Waals surface area contributed by atoms with Crippen LogP contribution in [-0.4, -0.2) is 27.8 Å². The quantitative estimate of drug-likeness (QED) is 0.329. The number of carbonyl (C=O) groups excluding carboxylic acids is 1. The number of carbonyl (C=O) groups is 1. The summed E-state index contributed by atoms with van der Waals surface area (Å²) in [7, 11) is 1.73. The van der Waals surface area contributed by atoms with Crippen LogP contribution in [0.25, 0.3) is 20.7 Å². The lowest BCUT2D eigenvalue weighted by Crippen LogP contribution is -2.36. The van der Waals surface area contributed by atoms with Gasteiger partial charge in [-0.25, -0.2) is 4.98 Å². The average Bonchev–Trinajstić information content (AvgIpc) is 3.44. The summed E-state index contributed by atoms with van der Waals surface area (Å²) < 4.78 is 1.56. The predicted molar refractivity (Wildman–Crippen MR) is 126 cm³/mol. The van der Waals surface area contributed by atoms with Crippen molar-refractivity contribution in [3.05, 3.63) is 63.1 Å². The highest BCUT2D eigenvalue weighted by Gasteiger charge is 2.23. The fourth-order valence-corrected chi connectivity index (χ4v) is 6.44. The van der Waals surface area contributed by atoms with Gasteiger partial charge in [0.15, 0.2) is 5.16 Å². The molecule has 4 aromatic rings. The van der Waals surface area contributed by atoms with E-state index in [9.17, 15) is 9.59 Å². The molecule has 0 fully saturated rings. The lowest BCUT2D eigenvalue weighted by atomic mass is 10.0. The number of thiophene rings is 2. The van der Waals surface area contributed by atoms with Gasteiger partial charge in [0.05, 0.1) is 11.1 Å². The Balaban J connectivity index is 1.41. The van der Waals surface area contributed by atoms with E-state index >= 15 is 0 Å². The van der Waals surface area contributed by atoms with Crippen LogP contribution < -0.4 is 10.5 Å². The molecule has 1 aliphatic rings. The van der Waals surface area contributed by atoms with Gasteiger partial charge >= 0.3 is 0 Å². The van der Waals surface area contributed by atoms with Crippen molar-refractivity contribution < 1.29 is 4.79 Å². The second-order valence-corrected chi connectivity index (χ2v) is 9.88. The number of aryl methyl sites for hydroxylation is 1. The molecule has 1 aliphatic heterocycles. The lowest BCUT2D eigenvalue weighted by molar-refractivity contribution is -0.116. The van der Waals surface area contributed by atoms with Crippen LogP contribution in [-0.2, 0) is 18.3 Å². The second-order valence-electron chi connectivity index (χ2n) is 7.13. The fraction of sp³-hybridized carbons (Fsp3) is 0.227. The standard InChI is InChI=1S/C22H19N3O2S3/c1-24-21(27)19-15(17-9-5-11-28-17)12-29-20(19)23-22(24)30-13-18(26)25-10-4-7-14-6-2-3-8-16(14)25/h2-3,5-6,8-9,11-12H,4,7,10,13H2,1H3. The molecule has 0 unspecified atom stereocenters. The first-order valence-corrected chi connectivity index (χ1v) is 12.4. The van der Waals surface area contributed by atoms with E-state index in [2.05, 4.69) is 6.07 Å². The summed E-state index contributed by atoms with van der Waals surface area (Å²) in [5, 5.41) is 5.23. The highest BCUT2D eigenvalue weighted by atomic mass is 32.2. The number of fused-ring (bicyclic) bond motifs is 2. The number of para-hydroxylation sites is 1. The zero-order valence-corrected chi connectivity index (χ0v) is 18.8. The molecular weight excluding hydrogens is 434 g/mol. The number of aromatic nitrogens is 2. The number of benzene rings is 1. The predicted octanol–water partition coefficient (Wildman–Crippen LogP) is 4.80. The maximum Gasteiger partial charge on any atom is 0.263 e. The number of rotatable bonds is 4. The van der Waals surface area contributed by atoms with Gasteiger partial charge in [-0.05, 0) is 35.9 Å². The van der Waals surface area contributed by atoms with E-state index in [1.54, 1.807) is 23.0 Å². The number of nitrogens with zero attached hydrogens (tertiary/aromatic N) is 3. The number of hydrogen-bond acceptors (Lipinski definition) is 6. The van der Waals surface area contributed by atoms with Crippen molar-refractivity contribution in [2.45, 2.75) is 18.0 Å². The van der Waals surface area contributed by atoms with Gasteiger partial charge in [0.1, 0.15) is 4.83 Å². The first kappa shape index (κ1) is 19.5. The van der Waals surface area contributed by atoms with Crippen LogP contribution in [0.3, 0.4) is 0 Å². The third-order valence-electron chi connectivity index (χ3n) is 5.30. The molecule has 3 aromatic heterocycles. The minimum absolute atomic E-state index is 0.0481. The van der Waals surface area contributed by atoms with Gasteiger partial charge in [-0.2, -0.15) is 0 Å². The van der Waals surface area contributed by atoms with Crippen molar-refractivity contribution in [3.63, 3.8) is 0 Å². The van der Waals surface area contributed by atoms with Crippen LogP contribution in [0.15, 0.2) is 57.1 Å². The maximum absolute atomic E-state index is 13.1. The van der Waals surface area contributed by atoms with E-state index in [0.717, 1.165) is 40.3 Å². The molecule has 152 valence electrons. The van der Waals surface area contributed by atoms with Crippen molar-refractivity contribution in [1.29, 1.82) is 0 Å². The zero-order chi connectivity index (χ0) is 20.7. The Kier molecular flexibility index (Phi) is 5.22. The molecule has 0 bridgehead atoms. The summed E-state index contributed by atoms with van der Waals surface area (Å²) in [6.07, 6.45) is 1.97. The Morgan fingerprint density at radius 1 is 1.20 bits per heavy atom. The Hall–Kier alpha value is -2.42. The third kappa shape index (κ3) is 3.38. The minimum atomic E-state index is -0.0667. The summed E-state index contributed by atoms with van der Waals surface area (Å²) in [6.45, 7) is 0.733. The van der Waals surface area contributed by atoms with Gasteiger partial charge in [0, 0.05) is 35.1 Å². The van der Waals surface area contributed by atoms with Crippen molar-refractivity contribution >= 4 is 56.2 Å². The molecule has 0 spiro atoms. The van der Waals surface area contributed by atoms with Crippen LogP contribution in [0.1, 0.15) is 12.0 Å². The SMILES string of the molecule is Cn1c(SCC(=O)N2CCCc3ccccc32)nc2scc(-c3cccs3)c2c1=O. The smallest absolute Gasteiger partial charge is 0.263 e. The lowest BCUT2D eigenvalue weighted by Gasteiger charge is -2.29. The molecular formula is C22H19N3O2S3. The Labute approximate surface area is 186 Å². The normalized spacial score (nSPS) is 13.6. The van der Waals surface area contributed by atoms with Gasteiger partial charge in [-0.1, -0.05) is 36.0 Å². The molecule has 0 aliphatic carbocycles. The molecule has 4 heterocycles. The van der Waals surface area contributed by atoms with Crippen molar-refractivity contribution in [3.8, 4) is 10.4 Å². The van der Waals surface area contributed by atoms with E-state index in [0.29, 0.717) is 10.5 Å². The summed E-state index contributed by atoms with van der Waals surface area (Å²) >= 11 is 4.42. The topological polar surface area (TPSA) is 55.2 Å². The van der Waals surface area contributed by atoms with Gasteiger partial charge < -0.3 is 4.90 Å². The van der Waals surface area contributed by atoms with E-state index in [4.69, 9.17) is 4.98 Å². The van der Waals surface area contributed by atoms with Crippen LogP contribution >= 0.6 is 34.4 Å². The van der Waals surface area contributed by atoms with Gasteiger partial charge in [-0.3, -0.25) is 14.2 Å². The molecule has 0 atom stereocenters. The van der Waals surface area contributed by atoms with Crippen molar-refractivity contribution in [1.82, 2.24) is 9.55 Å². The van der Waals surface area contributed by atoms with Gasteiger partial charge in [0.25, 0.3) is 5.56 Å². The Morgan fingerprint density at radius 3 is 2.90 bits per heavy atom. The van der Waals surface area contributed by atoms with Crippen LogP contribution in [0, 0.1) is 0 Å². The highest BCUT2D eigenvalue weighted by molar-refractivity contribution is 7.99. The van der Waals surface area contributed by atoms with Crippen molar-refractivity contribution in [2.24, 2.45) is 7.05 Å². The largest absolute Gasteiger partial charge is 0.311 e. The monoisotopic (exact) mass is 453 g/mol. The van der Waals surface area contributed by atoms with E-state index in [1.807, 2.05) is 46.0 Å². The fourth-order valence-electron chi connectivity index (χ4n) is 3.79. The first-order valence-electron chi connectivity index (χ1n) is 9.66. The first-order chi connectivity index (χ1) is 14.6. The molecule has 1 aromatic carbocycles. The van der Waals surface area contributed by atoms with E-state index in [1.165, 1.54) is 28.7 Å². The molecule has 1 amide bonds. The van der Waals surface area contributed by atoms with Crippen LogP contribution in [0.5, 0.6) is 0 Å². The minimum Gasteiger partial charge on any atom is -0.311 e. The average molecular weight is 454 g/mol. The Bertz CT molecular complexity index is 1290. The molecule has 0 N–H and O–H groups in total. The van der Waals surface area contributed by atoms with E-state index < -0.39 is 0 Å². The highest BCUT2D eigenvalue weighted by Crippen LogP contribution is 2.34. The summed E-state index contributed by atoms with van der Waals surface area (Å²) in [5.74, 6) is 0.301. The summed E-state index contributed by atoms with van der Waals surface area (Å²) in [5.41, 5.74) is 3.10. The summed E-state index contributed by atoms with van der Waals surface area (Å²) in [6, 6.07) is 12.1. The van der Waals surface area contributed by atoms with Crippen LogP contribution in [0.4, 0.5) is 5.69 Å². The molecule has 0 radical (unpaired) electrons. The second kappa shape index (κ2) is 8.02. The summed E-state index contributed by atoms with van der Waals surface area (Å²) in [4.78, 5) is 34.4. The van der Waals surface area contributed by atoms with Gasteiger partial charge in [0.2, 0.25) is 5.91 Å². The number of hydrogen-bond donors (Lipinski definition) is 0. The number of thioether (sulfide) groups is 1. The maximum atomic E-state index is 13.1. The molecule has 5 nitrogen and oxygen atoms in total. The molecule has 30 heavy (non-hydrogen) atoms. The molecule has 0 saturated heterocycles. The van der Waals surface area contributed by atoms with Gasteiger partial charge in [-0.15, -0.1) is 22.7 Å². The Morgan fingerprint density at radius 2 is 2.07 bits per heavy atom.